The number of halogens is 2. The van der Waals surface area contributed by atoms with Gasteiger partial charge in [-0.2, -0.15) is 5.11 Å². The number of hydrogen-bond acceptors (Lipinski definition) is 6. The van der Waals surface area contributed by atoms with Crippen LogP contribution in [0, 0.1) is 12.7 Å². The van der Waals surface area contributed by atoms with Gasteiger partial charge in [-0.1, -0.05) is 34.5 Å². The maximum Gasteiger partial charge on any atom is 0.263 e. The average Bonchev–Trinajstić information content (AvgIpc) is 3.20. The number of nitrogens with one attached hydrogen (secondary N) is 1. The molecule has 0 bridgehead atoms. The Kier molecular flexibility index (Phi) is 4.75. The summed E-state index contributed by atoms with van der Waals surface area (Å²) >= 11 is 5.76. The van der Waals surface area contributed by atoms with E-state index in [1.54, 1.807) is 12.1 Å². The van der Waals surface area contributed by atoms with Crippen LogP contribution in [0.3, 0.4) is 0 Å². The van der Waals surface area contributed by atoms with Gasteiger partial charge >= 0.3 is 0 Å². The highest BCUT2D eigenvalue weighted by Crippen LogP contribution is 2.33. The molecule has 0 radical (unpaired) electrons. The van der Waals surface area contributed by atoms with E-state index in [0.717, 1.165) is 16.5 Å². The molecular formula is C19H15ClFN5O3. The summed E-state index contributed by atoms with van der Waals surface area (Å²) in [5, 5.41) is 11.3. The smallest absolute Gasteiger partial charge is 0.263 e. The molecule has 3 amide bonds. The summed E-state index contributed by atoms with van der Waals surface area (Å²) in [7, 11) is 0. The average molecular weight is 416 g/mol. The van der Waals surface area contributed by atoms with Gasteiger partial charge in [-0.25, -0.2) is 9.29 Å². The van der Waals surface area contributed by atoms with E-state index in [1.165, 1.54) is 17.1 Å². The summed E-state index contributed by atoms with van der Waals surface area (Å²) < 4.78 is 13.4. The molecule has 0 saturated carbocycles. The molecule has 4 rings (SSSR count). The first kappa shape index (κ1) is 19.0. The number of nitrogens with zero attached hydrogens (tertiary/aromatic N) is 4. The van der Waals surface area contributed by atoms with E-state index < -0.39 is 35.6 Å². The van der Waals surface area contributed by atoms with Gasteiger partial charge in [-0.05, 0) is 37.3 Å². The van der Waals surface area contributed by atoms with Crippen LogP contribution in [0.1, 0.15) is 5.56 Å². The second-order valence-corrected chi connectivity index (χ2v) is 7.12. The molecule has 10 heteroatoms. The van der Waals surface area contributed by atoms with Crippen LogP contribution in [-0.2, 0) is 14.4 Å². The number of benzene rings is 2. The summed E-state index contributed by atoms with van der Waals surface area (Å²) in [6, 6.07) is 8.67. The number of anilines is 2. The number of fused-ring (bicyclic) bond motifs is 1. The third kappa shape index (κ3) is 3.44. The van der Waals surface area contributed by atoms with Crippen LogP contribution in [0.5, 0.6) is 0 Å². The predicted octanol–water partition coefficient (Wildman–Crippen LogP) is 2.72. The second-order valence-electron chi connectivity index (χ2n) is 6.72. The van der Waals surface area contributed by atoms with Gasteiger partial charge in [0, 0.05) is 5.69 Å². The maximum atomic E-state index is 13.4. The molecule has 2 aliphatic rings. The zero-order chi connectivity index (χ0) is 20.7. The Morgan fingerprint density at radius 3 is 2.59 bits per heavy atom. The number of rotatable bonds is 4. The first-order valence-corrected chi connectivity index (χ1v) is 9.10. The van der Waals surface area contributed by atoms with Gasteiger partial charge in [0.05, 0.1) is 10.7 Å². The van der Waals surface area contributed by atoms with Crippen LogP contribution in [0.4, 0.5) is 15.8 Å². The fraction of sp³-hybridized carbons (Fsp3) is 0.211. The molecule has 1 N–H and O–H groups in total. The van der Waals surface area contributed by atoms with E-state index in [1.807, 2.05) is 19.1 Å². The van der Waals surface area contributed by atoms with E-state index >= 15 is 0 Å². The number of amides is 3. The number of hydrogen-bond donors (Lipinski definition) is 1. The SMILES string of the molecule is Cc1ccc(NC(=O)CN2N=N[C@H]3C(=O)N(c4ccc(F)c(Cl)c4)C(=O)[C@@H]32)cc1. The van der Waals surface area contributed by atoms with Crippen molar-refractivity contribution in [3.05, 3.63) is 58.9 Å². The van der Waals surface area contributed by atoms with Gasteiger partial charge < -0.3 is 5.32 Å². The van der Waals surface area contributed by atoms with Crippen LogP contribution in [0.2, 0.25) is 5.02 Å². The molecule has 1 saturated heterocycles. The third-order valence-electron chi connectivity index (χ3n) is 4.66. The number of carbonyl (C=O) groups is 3. The highest BCUT2D eigenvalue weighted by molar-refractivity contribution is 6.32. The lowest BCUT2D eigenvalue weighted by Gasteiger charge is -2.20. The van der Waals surface area contributed by atoms with Gasteiger partial charge in [0.2, 0.25) is 5.91 Å². The molecule has 2 aromatic rings. The largest absolute Gasteiger partial charge is 0.324 e. The number of carbonyl (C=O) groups excluding carboxylic acids is 3. The number of aryl methyl sites for hydroxylation is 1. The Morgan fingerprint density at radius 2 is 1.90 bits per heavy atom. The third-order valence-corrected chi connectivity index (χ3v) is 4.95. The van der Waals surface area contributed by atoms with Crippen molar-refractivity contribution in [1.29, 1.82) is 0 Å². The Hall–Kier alpha value is -3.33. The van der Waals surface area contributed by atoms with Crippen LogP contribution in [0.15, 0.2) is 52.8 Å². The topological polar surface area (TPSA) is 94.4 Å². The number of imide groups is 1. The minimum atomic E-state index is -1.06. The summed E-state index contributed by atoms with van der Waals surface area (Å²) in [6.45, 7) is 1.68. The fourth-order valence-corrected chi connectivity index (χ4v) is 3.39. The van der Waals surface area contributed by atoms with Gasteiger partial charge in [-0.15, -0.1) is 0 Å². The molecule has 29 heavy (non-hydrogen) atoms. The molecule has 8 nitrogen and oxygen atoms in total. The molecule has 0 spiro atoms. The van der Waals surface area contributed by atoms with E-state index in [2.05, 4.69) is 15.7 Å². The quantitative estimate of drug-likeness (QED) is 0.777. The summed E-state index contributed by atoms with van der Waals surface area (Å²) in [5.74, 6) is -2.27. The van der Waals surface area contributed by atoms with Crippen molar-refractivity contribution < 1.29 is 18.8 Å². The Balaban J connectivity index is 1.49. The molecule has 2 aromatic carbocycles. The van der Waals surface area contributed by atoms with Crippen LogP contribution >= 0.6 is 11.6 Å². The first-order chi connectivity index (χ1) is 13.8. The standard InChI is InChI=1S/C19H15ClFN5O3/c1-10-2-4-11(5-3-10)22-15(27)9-25-17-16(23-24-25)18(28)26(19(17)29)12-6-7-14(21)13(20)8-12/h2-8,16-17H,9H2,1H3,(H,22,27)/t16-,17-/m1/s1. The van der Waals surface area contributed by atoms with Crippen LogP contribution in [0.25, 0.3) is 0 Å². The van der Waals surface area contributed by atoms with Gasteiger partial charge in [0.25, 0.3) is 11.8 Å². The van der Waals surface area contributed by atoms with Crippen molar-refractivity contribution in [3.63, 3.8) is 0 Å². The van der Waals surface area contributed by atoms with Crippen molar-refractivity contribution in [2.45, 2.75) is 19.0 Å². The van der Waals surface area contributed by atoms with E-state index in [0.29, 0.717) is 5.69 Å². The molecule has 2 heterocycles. The molecule has 0 aliphatic carbocycles. The zero-order valence-corrected chi connectivity index (χ0v) is 15.9. The summed E-state index contributed by atoms with van der Waals surface area (Å²) in [4.78, 5) is 38.7. The molecule has 148 valence electrons. The van der Waals surface area contributed by atoms with Crippen LogP contribution < -0.4 is 10.2 Å². The molecule has 1 fully saturated rings. The van der Waals surface area contributed by atoms with E-state index in [9.17, 15) is 18.8 Å². The molecular weight excluding hydrogens is 401 g/mol. The highest BCUT2D eigenvalue weighted by Gasteiger charge is 2.55. The monoisotopic (exact) mass is 415 g/mol. The van der Waals surface area contributed by atoms with Gasteiger partial charge in [-0.3, -0.25) is 19.4 Å². The van der Waals surface area contributed by atoms with E-state index in [4.69, 9.17) is 11.6 Å². The Morgan fingerprint density at radius 1 is 1.17 bits per heavy atom. The predicted molar refractivity (Wildman–Crippen MR) is 103 cm³/mol. The van der Waals surface area contributed by atoms with E-state index in [-0.39, 0.29) is 17.3 Å². The highest BCUT2D eigenvalue weighted by atomic mass is 35.5. The molecule has 0 aromatic heterocycles. The molecule has 2 aliphatic heterocycles. The van der Waals surface area contributed by atoms with Crippen molar-refractivity contribution in [2.24, 2.45) is 10.3 Å². The van der Waals surface area contributed by atoms with Gasteiger partial charge in [0.1, 0.15) is 12.4 Å². The Bertz CT molecular complexity index is 1040. The lowest BCUT2D eigenvalue weighted by molar-refractivity contribution is -0.123. The normalized spacial score (nSPS) is 20.4. The minimum Gasteiger partial charge on any atom is -0.324 e. The lowest BCUT2D eigenvalue weighted by Crippen LogP contribution is -2.43. The van der Waals surface area contributed by atoms with Crippen molar-refractivity contribution in [2.75, 3.05) is 16.8 Å². The van der Waals surface area contributed by atoms with Crippen molar-refractivity contribution in [3.8, 4) is 0 Å². The second kappa shape index (κ2) is 7.25. The minimum absolute atomic E-state index is 0.139. The summed E-state index contributed by atoms with van der Waals surface area (Å²) in [5.41, 5.74) is 1.79. The summed E-state index contributed by atoms with van der Waals surface area (Å²) in [6.07, 6.45) is 0. The van der Waals surface area contributed by atoms with Crippen molar-refractivity contribution in [1.82, 2.24) is 5.01 Å². The fourth-order valence-electron chi connectivity index (χ4n) is 3.22. The molecule has 0 unspecified atom stereocenters. The van der Waals surface area contributed by atoms with Gasteiger partial charge in [0.15, 0.2) is 12.1 Å². The lowest BCUT2D eigenvalue weighted by atomic mass is 10.1. The zero-order valence-electron chi connectivity index (χ0n) is 15.2. The first-order valence-electron chi connectivity index (χ1n) is 8.72. The maximum absolute atomic E-state index is 13.4. The van der Waals surface area contributed by atoms with Crippen molar-refractivity contribution >= 4 is 40.7 Å². The molecule has 2 atom stereocenters. The Labute approximate surface area is 169 Å². The van der Waals surface area contributed by atoms with Crippen LogP contribution in [-0.4, -0.2) is 41.4 Å².